The molecular weight excluding hydrogens is 420 g/mol. The fourth-order valence-corrected chi connectivity index (χ4v) is 4.75. The first-order valence-electron chi connectivity index (χ1n) is 11.9. The molecule has 1 aliphatic rings. The van der Waals surface area contributed by atoms with Gasteiger partial charge in [0.25, 0.3) is 0 Å². The van der Waals surface area contributed by atoms with Crippen molar-refractivity contribution in [2.24, 2.45) is 0 Å². The number of rotatable bonds is 5. The van der Waals surface area contributed by atoms with E-state index in [9.17, 15) is 4.79 Å². The molecule has 5 heteroatoms. The van der Waals surface area contributed by atoms with Gasteiger partial charge in [-0.25, -0.2) is 0 Å². The molecule has 0 spiro atoms. The Morgan fingerprint density at radius 2 is 1.44 bits per heavy atom. The summed E-state index contributed by atoms with van der Waals surface area (Å²) in [6.45, 7) is 7.33. The third-order valence-electron chi connectivity index (χ3n) is 6.55. The summed E-state index contributed by atoms with van der Waals surface area (Å²) in [5.41, 5.74) is 8.06. The van der Waals surface area contributed by atoms with Crippen LogP contribution in [0.4, 0.5) is 5.69 Å². The van der Waals surface area contributed by atoms with Crippen molar-refractivity contribution >= 4 is 11.6 Å². The zero-order valence-electron chi connectivity index (χ0n) is 19.8. The van der Waals surface area contributed by atoms with Crippen molar-refractivity contribution in [3.63, 3.8) is 0 Å². The van der Waals surface area contributed by atoms with Gasteiger partial charge in [-0.2, -0.15) is 5.10 Å². The maximum absolute atomic E-state index is 12.9. The van der Waals surface area contributed by atoms with Gasteiger partial charge in [-0.3, -0.25) is 9.48 Å². The highest BCUT2D eigenvalue weighted by atomic mass is 16.2. The van der Waals surface area contributed by atoms with Crippen LogP contribution in [0.2, 0.25) is 0 Å². The topological polar surface area (TPSA) is 41.4 Å². The Hall–Kier alpha value is -3.86. The number of nitrogens with zero attached hydrogens (tertiary/aromatic N) is 4. The molecule has 0 bridgehead atoms. The first-order chi connectivity index (χ1) is 16.6. The number of amides is 1. The van der Waals surface area contributed by atoms with Crippen molar-refractivity contribution in [1.29, 1.82) is 0 Å². The monoisotopic (exact) mass is 450 g/mol. The Labute approximate surface area is 201 Å². The molecule has 1 amide bonds. The van der Waals surface area contributed by atoms with E-state index in [0.29, 0.717) is 6.54 Å². The van der Waals surface area contributed by atoms with Crippen molar-refractivity contribution in [2.75, 3.05) is 31.1 Å². The van der Waals surface area contributed by atoms with Crippen molar-refractivity contribution < 1.29 is 4.79 Å². The molecule has 1 fully saturated rings. The zero-order valence-corrected chi connectivity index (χ0v) is 19.8. The van der Waals surface area contributed by atoms with Gasteiger partial charge in [0, 0.05) is 43.1 Å². The highest BCUT2D eigenvalue weighted by Gasteiger charge is 2.23. The summed E-state index contributed by atoms with van der Waals surface area (Å²) in [5, 5.41) is 4.44. The molecule has 1 aliphatic heterocycles. The van der Waals surface area contributed by atoms with E-state index in [1.807, 2.05) is 30.9 Å². The summed E-state index contributed by atoms with van der Waals surface area (Å²) in [5.74, 6) is 0.134. The highest BCUT2D eigenvalue weighted by Crippen LogP contribution is 2.33. The van der Waals surface area contributed by atoms with Crippen molar-refractivity contribution in [3.8, 4) is 22.3 Å². The van der Waals surface area contributed by atoms with E-state index in [0.717, 1.165) is 37.6 Å². The van der Waals surface area contributed by atoms with E-state index in [2.05, 4.69) is 82.8 Å². The fraction of sp³-hybridized carbons (Fsp3) is 0.241. The molecule has 0 radical (unpaired) electrons. The van der Waals surface area contributed by atoms with Crippen LogP contribution >= 0.6 is 0 Å². The van der Waals surface area contributed by atoms with E-state index in [1.165, 1.54) is 27.9 Å². The number of aryl methyl sites for hydroxylation is 2. The predicted molar refractivity (Wildman–Crippen MR) is 138 cm³/mol. The lowest BCUT2D eigenvalue weighted by molar-refractivity contribution is -0.132. The van der Waals surface area contributed by atoms with E-state index in [4.69, 9.17) is 0 Å². The van der Waals surface area contributed by atoms with Crippen LogP contribution in [0.3, 0.4) is 0 Å². The summed E-state index contributed by atoms with van der Waals surface area (Å²) in [6.07, 6.45) is 0. The number of hydrogen-bond acceptors (Lipinski definition) is 3. The summed E-state index contributed by atoms with van der Waals surface area (Å²) in [7, 11) is 0. The minimum absolute atomic E-state index is 0.134. The van der Waals surface area contributed by atoms with Crippen molar-refractivity contribution in [2.45, 2.75) is 20.4 Å². The van der Waals surface area contributed by atoms with Crippen LogP contribution in [0.1, 0.15) is 11.4 Å². The fourth-order valence-electron chi connectivity index (χ4n) is 4.75. The molecule has 1 saturated heterocycles. The van der Waals surface area contributed by atoms with Crippen LogP contribution in [0.25, 0.3) is 22.3 Å². The quantitative estimate of drug-likeness (QED) is 0.421. The minimum atomic E-state index is 0.134. The lowest BCUT2D eigenvalue weighted by Gasteiger charge is -2.37. The normalized spacial score (nSPS) is 13.8. The molecule has 2 heterocycles. The first-order valence-corrected chi connectivity index (χ1v) is 11.9. The van der Waals surface area contributed by atoms with Gasteiger partial charge in [0.1, 0.15) is 6.54 Å². The van der Waals surface area contributed by atoms with Crippen LogP contribution in [0.15, 0.2) is 84.9 Å². The number of benzene rings is 3. The largest absolute Gasteiger partial charge is 0.367 e. The summed E-state index contributed by atoms with van der Waals surface area (Å²) < 4.78 is 1.80. The molecule has 34 heavy (non-hydrogen) atoms. The first kappa shape index (κ1) is 22.0. The van der Waals surface area contributed by atoms with Gasteiger partial charge in [-0.15, -0.1) is 0 Å². The highest BCUT2D eigenvalue weighted by molar-refractivity contribution is 5.82. The van der Waals surface area contributed by atoms with Gasteiger partial charge < -0.3 is 9.80 Å². The molecule has 172 valence electrons. The molecular formula is C29H30N4O. The average Bonchev–Trinajstić information content (AvgIpc) is 3.20. The number of hydrogen-bond donors (Lipinski definition) is 0. The molecule has 0 atom stereocenters. The summed E-state index contributed by atoms with van der Waals surface area (Å²) >= 11 is 0. The lowest BCUT2D eigenvalue weighted by atomic mass is 9.97. The molecule has 5 nitrogen and oxygen atoms in total. The van der Waals surface area contributed by atoms with Gasteiger partial charge in [0.15, 0.2) is 0 Å². The molecule has 0 N–H and O–H groups in total. The molecule has 0 aliphatic carbocycles. The average molecular weight is 451 g/mol. The maximum atomic E-state index is 12.9. The molecule has 5 rings (SSSR count). The van der Waals surface area contributed by atoms with Crippen LogP contribution in [0, 0.1) is 13.8 Å². The second-order valence-electron chi connectivity index (χ2n) is 8.92. The van der Waals surface area contributed by atoms with Gasteiger partial charge in [0.05, 0.1) is 5.69 Å². The Morgan fingerprint density at radius 3 is 2.18 bits per heavy atom. The van der Waals surface area contributed by atoms with Gasteiger partial charge in [-0.1, -0.05) is 66.7 Å². The van der Waals surface area contributed by atoms with Gasteiger partial charge in [0.2, 0.25) is 5.91 Å². The smallest absolute Gasteiger partial charge is 0.244 e. The Balaban J connectivity index is 1.31. The lowest BCUT2D eigenvalue weighted by Crippen LogP contribution is -2.49. The minimum Gasteiger partial charge on any atom is -0.367 e. The van der Waals surface area contributed by atoms with Crippen LogP contribution in [-0.4, -0.2) is 46.8 Å². The standard InChI is InChI=1S/C29H30N4O/c1-22-19-23(2)33(30-22)21-29(34)32-17-15-31(16-18-32)28-14-7-6-13-27(28)26-12-8-11-25(20-26)24-9-4-3-5-10-24/h3-14,19-20H,15-18,21H2,1-2H3. The molecule has 0 saturated carbocycles. The number of para-hydroxylation sites is 1. The third kappa shape index (κ3) is 4.60. The van der Waals surface area contributed by atoms with Gasteiger partial charge in [-0.05, 0) is 48.7 Å². The van der Waals surface area contributed by atoms with E-state index < -0.39 is 0 Å². The number of anilines is 1. The number of carbonyl (C=O) groups is 1. The number of carbonyl (C=O) groups excluding carboxylic acids is 1. The second-order valence-corrected chi connectivity index (χ2v) is 8.92. The number of aromatic nitrogens is 2. The SMILES string of the molecule is Cc1cc(C)n(CC(=O)N2CCN(c3ccccc3-c3cccc(-c4ccccc4)c3)CC2)n1. The number of piperazine rings is 1. The predicted octanol–water partition coefficient (Wildman–Crippen LogP) is 5.18. The van der Waals surface area contributed by atoms with Crippen LogP contribution < -0.4 is 4.90 Å². The molecule has 4 aromatic rings. The van der Waals surface area contributed by atoms with Crippen molar-refractivity contribution in [1.82, 2.24) is 14.7 Å². The molecule has 0 unspecified atom stereocenters. The van der Waals surface area contributed by atoms with Crippen LogP contribution in [0.5, 0.6) is 0 Å². The molecule has 3 aromatic carbocycles. The second kappa shape index (κ2) is 9.56. The van der Waals surface area contributed by atoms with E-state index in [1.54, 1.807) is 4.68 Å². The van der Waals surface area contributed by atoms with E-state index in [-0.39, 0.29) is 5.91 Å². The maximum Gasteiger partial charge on any atom is 0.244 e. The zero-order chi connectivity index (χ0) is 23.5. The van der Waals surface area contributed by atoms with E-state index >= 15 is 0 Å². The summed E-state index contributed by atoms with van der Waals surface area (Å²) in [4.78, 5) is 17.2. The van der Waals surface area contributed by atoms with Crippen molar-refractivity contribution in [3.05, 3.63) is 96.3 Å². The third-order valence-corrected chi connectivity index (χ3v) is 6.55. The Kier molecular flexibility index (Phi) is 6.17. The molecule has 1 aromatic heterocycles. The van der Waals surface area contributed by atoms with Gasteiger partial charge >= 0.3 is 0 Å². The van der Waals surface area contributed by atoms with Crippen LogP contribution in [-0.2, 0) is 11.3 Å². The Morgan fingerprint density at radius 1 is 0.765 bits per heavy atom. The Bertz CT molecular complexity index is 1290. The summed E-state index contributed by atoms with van der Waals surface area (Å²) in [6, 6.07) is 29.8.